The number of anilines is 1. The van der Waals surface area contributed by atoms with Crippen molar-refractivity contribution in [2.24, 2.45) is 24.4 Å². The largest absolute Gasteiger partial charge is 0.365 e. The monoisotopic (exact) mass is 237 g/mol. The third-order valence-electron chi connectivity index (χ3n) is 3.36. The number of rotatable bonds is 3. The summed E-state index contributed by atoms with van der Waals surface area (Å²) in [5.74, 6) is 0.902. The Balaban J connectivity index is 2.35. The van der Waals surface area contributed by atoms with E-state index in [4.69, 9.17) is 11.5 Å². The van der Waals surface area contributed by atoms with E-state index < -0.39 is 5.91 Å². The van der Waals surface area contributed by atoms with Gasteiger partial charge in [-0.05, 0) is 25.8 Å². The molecular weight excluding hydrogens is 218 g/mol. The van der Waals surface area contributed by atoms with Crippen molar-refractivity contribution < 1.29 is 4.79 Å². The first kappa shape index (κ1) is 11.9. The van der Waals surface area contributed by atoms with E-state index in [0.29, 0.717) is 23.7 Å². The van der Waals surface area contributed by atoms with Gasteiger partial charge in [0.05, 0.1) is 5.69 Å². The summed E-state index contributed by atoms with van der Waals surface area (Å²) in [6.07, 6.45) is 1.05. The van der Waals surface area contributed by atoms with Gasteiger partial charge in [-0.15, -0.1) is 0 Å². The number of hydrogen-bond acceptors (Lipinski definition) is 4. The van der Waals surface area contributed by atoms with Crippen molar-refractivity contribution in [3.63, 3.8) is 0 Å². The van der Waals surface area contributed by atoms with Crippen molar-refractivity contribution in [2.75, 3.05) is 24.5 Å². The second kappa shape index (κ2) is 4.37. The Morgan fingerprint density at radius 2 is 2.29 bits per heavy atom. The minimum absolute atomic E-state index is 0.415. The van der Waals surface area contributed by atoms with Crippen LogP contribution in [-0.2, 0) is 7.05 Å². The fourth-order valence-corrected chi connectivity index (χ4v) is 2.51. The van der Waals surface area contributed by atoms with Gasteiger partial charge in [-0.1, -0.05) is 0 Å². The van der Waals surface area contributed by atoms with Gasteiger partial charge in [0.2, 0.25) is 0 Å². The second-order valence-corrected chi connectivity index (χ2v) is 4.61. The molecule has 4 N–H and O–H groups in total. The standard InChI is InChI=1S/C11H19N5O/c1-7-9(10(13)17)11(15(2)14-7)16-4-3-8(5-12)6-16/h8H,3-6,12H2,1-2H3,(H2,13,17). The first-order valence-corrected chi connectivity index (χ1v) is 5.83. The third kappa shape index (κ3) is 2.00. The Bertz CT molecular complexity index is 439. The average molecular weight is 237 g/mol. The molecule has 1 aliphatic rings. The zero-order valence-corrected chi connectivity index (χ0v) is 10.3. The number of hydrogen-bond donors (Lipinski definition) is 2. The van der Waals surface area contributed by atoms with Gasteiger partial charge in [0.1, 0.15) is 11.4 Å². The van der Waals surface area contributed by atoms with Crippen LogP contribution >= 0.6 is 0 Å². The highest BCUT2D eigenvalue weighted by molar-refractivity contribution is 5.99. The normalized spacial score (nSPS) is 19.9. The SMILES string of the molecule is Cc1nn(C)c(N2CCC(CN)C2)c1C(N)=O. The molecular formula is C11H19N5O. The molecule has 1 unspecified atom stereocenters. The first-order chi connectivity index (χ1) is 8.04. The maximum absolute atomic E-state index is 11.5. The number of nitrogens with zero attached hydrogens (tertiary/aromatic N) is 3. The van der Waals surface area contributed by atoms with Gasteiger partial charge >= 0.3 is 0 Å². The number of carbonyl (C=O) groups is 1. The molecule has 0 bridgehead atoms. The highest BCUT2D eigenvalue weighted by Crippen LogP contribution is 2.27. The van der Waals surface area contributed by atoms with Crippen LogP contribution in [0.4, 0.5) is 5.82 Å². The highest BCUT2D eigenvalue weighted by atomic mass is 16.1. The summed E-state index contributed by atoms with van der Waals surface area (Å²) < 4.78 is 1.73. The molecule has 1 amide bonds. The molecule has 2 heterocycles. The van der Waals surface area contributed by atoms with Crippen molar-refractivity contribution in [3.8, 4) is 0 Å². The zero-order chi connectivity index (χ0) is 12.6. The Morgan fingerprint density at radius 1 is 1.59 bits per heavy atom. The summed E-state index contributed by atoms with van der Waals surface area (Å²) in [4.78, 5) is 13.6. The summed E-state index contributed by atoms with van der Waals surface area (Å²) in [5, 5.41) is 4.27. The molecule has 0 aliphatic carbocycles. The van der Waals surface area contributed by atoms with E-state index >= 15 is 0 Å². The predicted molar refractivity (Wildman–Crippen MR) is 65.8 cm³/mol. The topological polar surface area (TPSA) is 90.2 Å². The number of aryl methyl sites for hydroxylation is 2. The molecule has 94 valence electrons. The quantitative estimate of drug-likeness (QED) is 0.749. The minimum Gasteiger partial charge on any atom is -0.365 e. The van der Waals surface area contributed by atoms with Crippen LogP contribution in [0.25, 0.3) is 0 Å². The molecule has 0 aromatic carbocycles. The smallest absolute Gasteiger partial charge is 0.254 e. The Hall–Kier alpha value is -1.56. The number of amides is 1. The molecule has 0 spiro atoms. The molecule has 0 radical (unpaired) electrons. The summed E-state index contributed by atoms with van der Waals surface area (Å²) in [7, 11) is 1.84. The number of nitrogens with two attached hydrogens (primary N) is 2. The van der Waals surface area contributed by atoms with Crippen LogP contribution in [-0.4, -0.2) is 35.3 Å². The van der Waals surface area contributed by atoms with Gasteiger partial charge in [-0.2, -0.15) is 5.10 Å². The number of carbonyl (C=O) groups excluding carboxylic acids is 1. The minimum atomic E-state index is -0.415. The van der Waals surface area contributed by atoms with Crippen molar-refractivity contribution in [1.29, 1.82) is 0 Å². The van der Waals surface area contributed by atoms with Gasteiger partial charge in [0, 0.05) is 20.1 Å². The van der Waals surface area contributed by atoms with E-state index in [1.807, 2.05) is 7.05 Å². The van der Waals surface area contributed by atoms with Crippen molar-refractivity contribution in [1.82, 2.24) is 9.78 Å². The van der Waals surface area contributed by atoms with E-state index in [9.17, 15) is 4.79 Å². The molecule has 1 saturated heterocycles. The molecule has 1 aliphatic heterocycles. The molecule has 1 aromatic rings. The lowest BCUT2D eigenvalue weighted by molar-refractivity contribution is 0.1000. The van der Waals surface area contributed by atoms with E-state index in [1.54, 1.807) is 11.6 Å². The molecule has 1 atom stereocenters. The Morgan fingerprint density at radius 3 is 2.82 bits per heavy atom. The second-order valence-electron chi connectivity index (χ2n) is 4.61. The number of aromatic nitrogens is 2. The van der Waals surface area contributed by atoms with Crippen LogP contribution in [0.1, 0.15) is 22.5 Å². The Labute approximate surface area is 101 Å². The fraction of sp³-hybridized carbons (Fsp3) is 0.636. The van der Waals surface area contributed by atoms with Crippen LogP contribution in [0.5, 0.6) is 0 Å². The van der Waals surface area contributed by atoms with Crippen molar-refractivity contribution >= 4 is 11.7 Å². The molecule has 1 fully saturated rings. The van der Waals surface area contributed by atoms with Gasteiger partial charge in [-0.3, -0.25) is 9.48 Å². The lowest BCUT2D eigenvalue weighted by Gasteiger charge is -2.19. The van der Waals surface area contributed by atoms with Crippen molar-refractivity contribution in [2.45, 2.75) is 13.3 Å². The van der Waals surface area contributed by atoms with E-state index in [-0.39, 0.29) is 0 Å². The van der Waals surface area contributed by atoms with Crippen molar-refractivity contribution in [3.05, 3.63) is 11.3 Å². The maximum Gasteiger partial charge on any atom is 0.254 e. The van der Waals surface area contributed by atoms with Crippen LogP contribution in [0.15, 0.2) is 0 Å². The molecule has 17 heavy (non-hydrogen) atoms. The van der Waals surface area contributed by atoms with E-state index in [1.165, 1.54) is 0 Å². The summed E-state index contributed by atoms with van der Waals surface area (Å²) in [5.41, 5.74) is 12.3. The van der Waals surface area contributed by atoms with Crippen LogP contribution in [0.2, 0.25) is 0 Å². The zero-order valence-electron chi connectivity index (χ0n) is 10.3. The average Bonchev–Trinajstić information content (AvgIpc) is 2.81. The summed E-state index contributed by atoms with van der Waals surface area (Å²) in [6.45, 7) is 4.26. The number of primary amides is 1. The van der Waals surface area contributed by atoms with Crippen LogP contribution in [0.3, 0.4) is 0 Å². The predicted octanol–water partition coefficient (Wildman–Crippen LogP) is -0.388. The third-order valence-corrected chi connectivity index (χ3v) is 3.36. The van der Waals surface area contributed by atoms with E-state index in [0.717, 1.165) is 25.3 Å². The highest BCUT2D eigenvalue weighted by Gasteiger charge is 2.28. The Kier molecular flexibility index (Phi) is 3.06. The summed E-state index contributed by atoms with van der Waals surface area (Å²) >= 11 is 0. The molecule has 0 saturated carbocycles. The lowest BCUT2D eigenvalue weighted by Crippen LogP contribution is -2.27. The van der Waals surface area contributed by atoms with E-state index in [2.05, 4.69) is 10.00 Å². The van der Waals surface area contributed by atoms with Gasteiger partial charge in [0.15, 0.2) is 0 Å². The molecule has 1 aromatic heterocycles. The fourth-order valence-electron chi connectivity index (χ4n) is 2.51. The molecule has 2 rings (SSSR count). The first-order valence-electron chi connectivity index (χ1n) is 5.83. The van der Waals surface area contributed by atoms with Gasteiger partial charge in [0.25, 0.3) is 5.91 Å². The lowest BCUT2D eigenvalue weighted by atomic mass is 10.1. The molecule has 6 nitrogen and oxygen atoms in total. The molecule has 6 heteroatoms. The van der Waals surface area contributed by atoms with Crippen LogP contribution < -0.4 is 16.4 Å². The van der Waals surface area contributed by atoms with Gasteiger partial charge < -0.3 is 16.4 Å². The maximum atomic E-state index is 11.5. The summed E-state index contributed by atoms with van der Waals surface area (Å²) in [6, 6.07) is 0. The van der Waals surface area contributed by atoms with Gasteiger partial charge in [-0.25, -0.2) is 0 Å². The van der Waals surface area contributed by atoms with Crippen LogP contribution in [0, 0.1) is 12.8 Å².